The van der Waals surface area contributed by atoms with E-state index in [2.05, 4.69) is 16.0 Å². The molecule has 8 heteroatoms. The molecule has 2 fully saturated rings. The van der Waals surface area contributed by atoms with E-state index >= 15 is 0 Å². The van der Waals surface area contributed by atoms with Crippen LogP contribution < -0.4 is 16.0 Å². The predicted octanol–water partition coefficient (Wildman–Crippen LogP) is 1.22. The largest absolute Gasteiger partial charge is 0.335 e. The number of rotatable bonds is 4. The minimum Gasteiger partial charge on any atom is -0.335 e. The fourth-order valence-electron chi connectivity index (χ4n) is 3.41. The number of benzene rings is 1. The quantitative estimate of drug-likeness (QED) is 0.703. The summed E-state index contributed by atoms with van der Waals surface area (Å²) in [7, 11) is 0. The van der Waals surface area contributed by atoms with Crippen molar-refractivity contribution in [3.05, 3.63) is 35.9 Å². The first kappa shape index (κ1) is 17.9. The van der Waals surface area contributed by atoms with Gasteiger partial charge in [0.2, 0.25) is 5.91 Å². The lowest BCUT2D eigenvalue weighted by atomic mass is 9.92. The van der Waals surface area contributed by atoms with Gasteiger partial charge in [-0.2, -0.15) is 0 Å². The zero-order valence-corrected chi connectivity index (χ0v) is 14.6. The molecule has 1 aliphatic carbocycles. The third-order valence-electron chi connectivity index (χ3n) is 4.87. The maximum absolute atomic E-state index is 12.7. The van der Waals surface area contributed by atoms with E-state index in [1.807, 2.05) is 6.07 Å². The summed E-state index contributed by atoms with van der Waals surface area (Å²) in [4.78, 5) is 49.6. The Morgan fingerprint density at radius 3 is 2.50 bits per heavy atom. The zero-order valence-electron chi connectivity index (χ0n) is 14.6. The van der Waals surface area contributed by atoms with Crippen molar-refractivity contribution < 1.29 is 19.2 Å². The lowest BCUT2D eigenvalue weighted by Crippen LogP contribution is -2.48. The maximum Gasteiger partial charge on any atom is 0.325 e. The summed E-state index contributed by atoms with van der Waals surface area (Å²) in [6.45, 7) is 1.08. The van der Waals surface area contributed by atoms with Crippen LogP contribution in [0.4, 0.5) is 9.59 Å². The molecule has 1 heterocycles. The van der Waals surface area contributed by atoms with Gasteiger partial charge in [-0.1, -0.05) is 43.2 Å². The smallest absolute Gasteiger partial charge is 0.325 e. The summed E-state index contributed by atoms with van der Waals surface area (Å²) >= 11 is 0. The van der Waals surface area contributed by atoms with Crippen molar-refractivity contribution in [3.8, 4) is 0 Å². The third-order valence-corrected chi connectivity index (χ3v) is 4.87. The van der Waals surface area contributed by atoms with Gasteiger partial charge in [0.15, 0.2) is 0 Å². The van der Waals surface area contributed by atoms with Crippen molar-refractivity contribution in [3.63, 3.8) is 0 Å². The molecule has 1 aromatic carbocycles. The highest BCUT2D eigenvalue weighted by Crippen LogP contribution is 2.28. The number of carbonyl (C=O) groups is 4. The molecule has 3 rings (SSSR count). The number of nitrogens with one attached hydrogen (secondary N) is 3. The van der Waals surface area contributed by atoms with E-state index in [9.17, 15) is 19.2 Å². The molecule has 1 aliphatic heterocycles. The Bertz CT molecular complexity index is 730. The summed E-state index contributed by atoms with van der Waals surface area (Å²) < 4.78 is 0. The number of hydrogen-bond donors (Lipinski definition) is 3. The number of urea groups is 2. The Labute approximate surface area is 151 Å². The van der Waals surface area contributed by atoms with Gasteiger partial charge in [-0.3, -0.25) is 19.8 Å². The van der Waals surface area contributed by atoms with Crippen LogP contribution in [-0.2, 0) is 15.1 Å². The summed E-state index contributed by atoms with van der Waals surface area (Å²) in [5.74, 6) is -1.23. The van der Waals surface area contributed by atoms with E-state index < -0.39 is 36.0 Å². The van der Waals surface area contributed by atoms with Crippen molar-refractivity contribution in [1.29, 1.82) is 0 Å². The Hall–Kier alpha value is -2.90. The topological polar surface area (TPSA) is 108 Å². The zero-order chi connectivity index (χ0) is 18.7. The monoisotopic (exact) mass is 358 g/mol. The van der Waals surface area contributed by atoms with E-state index in [0.717, 1.165) is 30.6 Å². The van der Waals surface area contributed by atoms with Gasteiger partial charge in [-0.05, 0) is 25.3 Å². The minimum atomic E-state index is -1.23. The van der Waals surface area contributed by atoms with Gasteiger partial charge in [-0.25, -0.2) is 9.59 Å². The molecule has 8 nitrogen and oxygen atoms in total. The molecule has 3 N–H and O–H groups in total. The first-order chi connectivity index (χ1) is 12.4. The van der Waals surface area contributed by atoms with Crippen LogP contribution in [0.5, 0.6) is 0 Å². The van der Waals surface area contributed by atoms with Gasteiger partial charge >= 0.3 is 12.1 Å². The molecule has 1 saturated heterocycles. The highest BCUT2D eigenvalue weighted by molar-refractivity contribution is 6.10. The maximum atomic E-state index is 12.7. The van der Waals surface area contributed by atoms with Gasteiger partial charge < -0.3 is 10.6 Å². The summed E-state index contributed by atoms with van der Waals surface area (Å²) in [5.41, 5.74) is -0.606. The Balaban J connectivity index is 1.60. The van der Waals surface area contributed by atoms with Gasteiger partial charge in [-0.15, -0.1) is 0 Å². The Kier molecular flexibility index (Phi) is 4.92. The second-order valence-electron chi connectivity index (χ2n) is 6.82. The molecular weight excluding hydrogens is 336 g/mol. The average molecular weight is 358 g/mol. The van der Waals surface area contributed by atoms with Crippen LogP contribution in [0.15, 0.2) is 30.3 Å². The molecule has 0 spiro atoms. The molecule has 2 aliphatic rings. The molecule has 0 aromatic heterocycles. The summed E-state index contributed by atoms with van der Waals surface area (Å²) in [6.07, 6.45) is 3.90. The lowest BCUT2D eigenvalue weighted by molar-refractivity contribution is -0.134. The van der Waals surface area contributed by atoms with Crippen molar-refractivity contribution in [1.82, 2.24) is 20.9 Å². The standard InChI is InChI=1S/C18H22N4O4/c1-18(12-7-3-2-4-8-12)15(24)22(17(26)21-18)11-14(23)20-16(25)19-13-9-5-6-10-13/h2-4,7-8,13H,5-6,9-11H2,1H3,(H,21,26)(H2,19,20,23,25)/t18-/m1/s1. The minimum absolute atomic E-state index is 0.0703. The Morgan fingerprint density at radius 1 is 1.19 bits per heavy atom. The first-order valence-electron chi connectivity index (χ1n) is 8.70. The molecule has 0 radical (unpaired) electrons. The van der Waals surface area contributed by atoms with Crippen LogP contribution >= 0.6 is 0 Å². The number of imide groups is 2. The second-order valence-corrected chi connectivity index (χ2v) is 6.82. The molecule has 6 amide bonds. The van der Waals surface area contributed by atoms with Crippen LogP contribution in [0.2, 0.25) is 0 Å². The summed E-state index contributed by atoms with van der Waals surface area (Å²) in [6, 6.07) is 7.62. The van der Waals surface area contributed by atoms with Crippen LogP contribution in [0, 0.1) is 0 Å². The molecule has 138 valence electrons. The second kappa shape index (κ2) is 7.15. The molecule has 1 saturated carbocycles. The number of amides is 6. The van der Waals surface area contributed by atoms with E-state index in [4.69, 9.17) is 0 Å². The van der Waals surface area contributed by atoms with E-state index in [-0.39, 0.29) is 6.04 Å². The van der Waals surface area contributed by atoms with Crippen molar-refractivity contribution in [2.24, 2.45) is 0 Å². The number of hydrogen-bond acceptors (Lipinski definition) is 4. The summed E-state index contributed by atoms with van der Waals surface area (Å²) in [5, 5.41) is 7.52. The molecule has 1 atom stereocenters. The van der Waals surface area contributed by atoms with Crippen molar-refractivity contribution >= 4 is 23.9 Å². The Morgan fingerprint density at radius 2 is 1.85 bits per heavy atom. The SMILES string of the molecule is C[C@]1(c2ccccc2)NC(=O)N(CC(=O)NC(=O)NC2CCCC2)C1=O. The van der Waals surface area contributed by atoms with E-state index in [0.29, 0.717) is 5.56 Å². The van der Waals surface area contributed by atoms with Gasteiger partial charge in [0.1, 0.15) is 12.1 Å². The lowest BCUT2D eigenvalue weighted by Gasteiger charge is -2.22. The van der Waals surface area contributed by atoms with Crippen molar-refractivity contribution in [2.45, 2.75) is 44.2 Å². The van der Waals surface area contributed by atoms with Gasteiger partial charge in [0, 0.05) is 6.04 Å². The fourth-order valence-corrected chi connectivity index (χ4v) is 3.41. The average Bonchev–Trinajstić information content (AvgIpc) is 3.18. The molecule has 0 unspecified atom stereocenters. The highest BCUT2D eigenvalue weighted by Gasteiger charge is 2.49. The molecular formula is C18H22N4O4. The molecule has 26 heavy (non-hydrogen) atoms. The van der Waals surface area contributed by atoms with Crippen LogP contribution in [0.25, 0.3) is 0 Å². The predicted molar refractivity (Wildman–Crippen MR) is 93.0 cm³/mol. The van der Waals surface area contributed by atoms with Crippen LogP contribution in [0.1, 0.15) is 38.2 Å². The van der Waals surface area contributed by atoms with Crippen molar-refractivity contribution in [2.75, 3.05) is 6.54 Å². The fraction of sp³-hybridized carbons (Fsp3) is 0.444. The number of carbonyl (C=O) groups excluding carboxylic acids is 4. The van der Waals surface area contributed by atoms with Gasteiger partial charge in [0.25, 0.3) is 5.91 Å². The molecule has 1 aromatic rings. The van der Waals surface area contributed by atoms with Crippen LogP contribution in [-0.4, -0.2) is 41.4 Å². The third kappa shape index (κ3) is 3.54. The normalized spacial score (nSPS) is 23.0. The van der Waals surface area contributed by atoms with E-state index in [1.165, 1.54) is 0 Å². The highest BCUT2D eigenvalue weighted by atomic mass is 16.2. The van der Waals surface area contributed by atoms with E-state index in [1.54, 1.807) is 31.2 Å². The number of nitrogens with zero attached hydrogens (tertiary/aromatic N) is 1. The van der Waals surface area contributed by atoms with Crippen LogP contribution in [0.3, 0.4) is 0 Å². The first-order valence-corrected chi connectivity index (χ1v) is 8.70. The van der Waals surface area contributed by atoms with Gasteiger partial charge in [0.05, 0.1) is 0 Å². The molecule has 0 bridgehead atoms.